The van der Waals surface area contributed by atoms with Crippen LogP contribution in [0.3, 0.4) is 0 Å². The molecule has 0 aromatic heterocycles. The Labute approximate surface area is 212 Å². The molecule has 0 saturated carbocycles. The number of nitrogens with one attached hydrogen (secondary N) is 1. The highest BCUT2D eigenvalue weighted by Crippen LogP contribution is 2.33. The molecule has 6 nitrogen and oxygen atoms in total. The maximum Gasteiger partial charge on any atom is 0.264 e. The molecular formula is C27H32N2O4S2. The van der Waals surface area contributed by atoms with Gasteiger partial charge >= 0.3 is 0 Å². The number of carbonyl (C=O) groups is 1. The molecule has 0 radical (unpaired) electrons. The number of para-hydroxylation sites is 2. The van der Waals surface area contributed by atoms with E-state index in [1.807, 2.05) is 51.3 Å². The van der Waals surface area contributed by atoms with Crippen LogP contribution in [0.15, 0.2) is 82.6 Å². The number of thioether (sulfide) groups is 1. The average molecular weight is 513 g/mol. The lowest BCUT2D eigenvalue weighted by Crippen LogP contribution is -2.42. The normalized spacial score (nSPS) is 12.1. The lowest BCUT2D eigenvalue weighted by atomic mass is 10.0. The topological polar surface area (TPSA) is 75.7 Å². The number of anilines is 1. The van der Waals surface area contributed by atoms with Gasteiger partial charge in [-0.25, -0.2) is 8.42 Å². The fourth-order valence-corrected chi connectivity index (χ4v) is 5.55. The van der Waals surface area contributed by atoms with Crippen molar-refractivity contribution in [2.75, 3.05) is 23.7 Å². The molecule has 0 spiro atoms. The maximum absolute atomic E-state index is 13.8. The quantitative estimate of drug-likeness (QED) is 0.340. The molecule has 0 fully saturated rings. The largest absolute Gasteiger partial charge is 0.492 e. The van der Waals surface area contributed by atoms with Crippen LogP contribution in [0.5, 0.6) is 5.75 Å². The molecule has 3 aromatic carbocycles. The van der Waals surface area contributed by atoms with Crippen LogP contribution in [0.1, 0.15) is 37.4 Å². The van der Waals surface area contributed by atoms with Gasteiger partial charge in [0.15, 0.2) is 0 Å². The van der Waals surface area contributed by atoms with Crippen molar-refractivity contribution in [1.82, 2.24) is 5.32 Å². The van der Waals surface area contributed by atoms with Crippen LogP contribution in [0.25, 0.3) is 0 Å². The summed E-state index contributed by atoms with van der Waals surface area (Å²) in [4.78, 5) is 14.3. The van der Waals surface area contributed by atoms with Crippen molar-refractivity contribution in [2.24, 2.45) is 0 Å². The van der Waals surface area contributed by atoms with Gasteiger partial charge in [0.05, 0.1) is 23.2 Å². The van der Waals surface area contributed by atoms with E-state index in [0.717, 1.165) is 20.3 Å². The Morgan fingerprint density at radius 2 is 1.66 bits per heavy atom. The van der Waals surface area contributed by atoms with Gasteiger partial charge in [-0.15, -0.1) is 11.8 Å². The summed E-state index contributed by atoms with van der Waals surface area (Å²) in [7, 11) is -4.04. The Morgan fingerprint density at radius 3 is 2.26 bits per heavy atom. The van der Waals surface area contributed by atoms with Crippen LogP contribution >= 0.6 is 11.8 Å². The van der Waals surface area contributed by atoms with E-state index < -0.39 is 15.9 Å². The third-order valence-corrected chi connectivity index (χ3v) is 8.11. The summed E-state index contributed by atoms with van der Waals surface area (Å²) in [5.74, 6) is 0.00530. The molecule has 0 aliphatic carbocycles. The number of hydrogen-bond acceptors (Lipinski definition) is 5. The molecule has 1 amide bonds. The summed E-state index contributed by atoms with van der Waals surface area (Å²) < 4.78 is 34.4. The summed E-state index contributed by atoms with van der Waals surface area (Å²) >= 11 is 1.53. The minimum absolute atomic E-state index is 0.111. The molecule has 0 aliphatic rings. The van der Waals surface area contributed by atoms with Gasteiger partial charge in [-0.1, -0.05) is 48.9 Å². The summed E-state index contributed by atoms with van der Waals surface area (Å²) in [5, 5.41) is 3.01. The van der Waals surface area contributed by atoms with E-state index in [9.17, 15) is 13.2 Å². The second-order valence-electron chi connectivity index (χ2n) is 8.03. The molecule has 1 N–H and O–H groups in total. The SMILES string of the molecule is CCOc1ccccc1N(CC(=O)N[C@H](CC)c1ccc(C)cc1)S(=O)(=O)c1ccc(SC)cc1. The monoisotopic (exact) mass is 512 g/mol. The van der Waals surface area contributed by atoms with Crippen molar-refractivity contribution >= 4 is 33.4 Å². The van der Waals surface area contributed by atoms with Gasteiger partial charge in [-0.05, 0) is 68.5 Å². The van der Waals surface area contributed by atoms with E-state index in [2.05, 4.69) is 5.32 Å². The predicted octanol–water partition coefficient (Wildman–Crippen LogP) is 5.58. The second kappa shape index (κ2) is 12.1. The van der Waals surface area contributed by atoms with E-state index in [1.165, 1.54) is 11.8 Å². The van der Waals surface area contributed by atoms with Crippen molar-refractivity contribution in [3.8, 4) is 5.75 Å². The van der Waals surface area contributed by atoms with Crippen LogP contribution < -0.4 is 14.4 Å². The number of carbonyl (C=O) groups excluding carboxylic acids is 1. The molecular weight excluding hydrogens is 480 g/mol. The van der Waals surface area contributed by atoms with Crippen molar-refractivity contribution < 1.29 is 17.9 Å². The van der Waals surface area contributed by atoms with Crippen LogP contribution in [0.4, 0.5) is 5.69 Å². The molecule has 0 bridgehead atoms. The Morgan fingerprint density at radius 1 is 1.00 bits per heavy atom. The van der Waals surface area contributed by atoms with Gasteiger partial charge in [-0.2, -0.15) is 0 Å². The summed E-state index contributed by atoms with van der Waals surface area (Å²) in [6, 6.07) is 21.3. The van der Waals surface area contributed by atoms with E-state index >= 15 is 0 Å². The first kappa shape index (κ1) is 26.6. The molecule has 8 heteroatoms. The van der Waals surface area contributed by atoms with Gasteiger partial charge in [0.25, 0.3) is 10.0 Å². The summed E-state index contributed by atoms with van der Waals surface area (Å²) in [5.41, 5.74) is 2.43. The maximum atomic E-state index is 13.8. The Bertz CT molecular complexity index is 1230. The lowest BCUT2D eigenvalue weighted by Gasteiger charge is -2.27. The summed E-state index contributed by atoms with van der Waals surface area (Å²) in [6.07, 6.45) is 2.60. The van der Waals surface area contributed by atoms with Gasteiger partial charge in [0.2, 0.25) is 5.91 Å². The minimum Gasteiger partial charge on any atom is -0.492 e. The van der Waals surface area contributed by atoms with E-state index in [1.54, 1.807) is 48.5 Å². The fraction of sp³-hybridized carbons (Fsp3) is 0.296. The lowest BCUT2D eigenvalue weighted by molar-refractivity contribution is -0.120. The molecule has 3 rings (SSSR count). The van der Waals surface area contributed by atoms with E-state index in [0.29, 0.717) is 24.5 Å². The molecule has 186 valence electrons. The number of sulfonamides is 1. The summed E-state index contributed by atoms with van der Waals surface area (Å²) in [6.45, 7) is 5.81. The number of benzene rings is 3. The molecule has 3 aromatic rings. The second-order valence-corrected chi connectivity index (χ2v) is 10.8. The number of amides is 1. The zero-order valence-electron chi connectivity index (χ0n) is 20.5. The third-order valence-electron chi connectivity index (χ3n) is 5.59. The fourth-order valence-electron chi connectivity index (χ4n) is 3.71. The number of rotatable bonds is 11. The first-order valence-electron chi connectivity index (χ1n) is 11.5. The zero-order chi connectivity index (χ0) is 25.4. The van der Waals surface area contributed by atoms with E-state index in [4.69, 9.17) is 4.74 Å². The number of aryl methyl sites for hydroxylation is 1. The highest BCUT2D eigenvalue weighted by molar-refractivity contribution is 7.98. The van der Waals surface area contributed by atoms with Crippen LogP contribution in [-0.2, 0) is 14.8 Å². The van der Waals surface area contributed by atoms with Crippen LogP contribution in [0.2, 0.25) is 0 Å². The van der Waals surface area contributed by atoms with Gasteiger partial charge < -0.3 is 10.1 Å². The number of hydrogen-bond donors (Lipinski definition) is 1. The Hall–Kier alpha value is -2.97. The van der Waals surface area contributed by atoms with Crippen molar-refractivity contribution in [3.63, 3.8) is 0 Å². The Kier molecular flexibility index (Phi) is 9.23. The van der Waals surface area contributed by atoms with E-state index in [-0.39, 0.29) is 17.5 Å². The van der Waals surface area contributed by atoms with Gasteiger partial charge in [0.1, 0.15) is 12.3 Å². The first-order chi connectivity index (χ1) is 16.8. The van der Waals surface area contributed by atoms with Crippen LogP contribution in [0, 0.1) is 6.92 Å². The highest BCUT2D eigenvalue weighted by Gasteiger charge is 2.30. The molecule has 0 unspecified atom stereocenters. The third kappa shape index (κ3) is 6.58. The molecule has 1 atom stereocenters. The Balaban J connectivity index is 1.96. The molecule has 0 heterocycles. The predicted molar refractivity (Wildman–Crippen MR) is 143 cm³/mol. The smallest absolute Gasteiger partial charge is 0.264 e. The van der Waals surface area contributed by atoms with Crippen molar-refractivity contribution in [2.45, 2.75) is 43.0 Å². The first-order valence-corrected chi connectivity index (χ1v) is 14.2. The number of nitrogens with zero attached hydrogens (tertiary/aromatic N) is 1. The highest BCUT2D eigenvalue weighted by atomic mass is 32.2. The minimum atomic E-state index is -4.04. The van der Waals surface area contributed by atoms with Gasteiger partial charge in [-0.3, -0.25) is 9.10 Å². The van der Waals surface area contributed by atoms with Crippen molar-refractivity contribution in [1.29, 1.82) is 0 Å². The zero-order valence-corrected chi connectivity index (χ0v) is 22.2. The van der Waals surface area contributed by atoms with Gasteiger partial charge in [0, 0.05) is 4.90 Å². The average Bonchev–Trinajstić information content (AvgIpc) is 2.87. The molecule has 35 heavy (non-hydrogen) atoms. The standard InChI is InChI=1S/C27H32N2O4S2/c1-5-24(21-13-11-20(3)12-14-21)28-27(30)19-29(25-9-7-8-10-26(25)33-6-2)35(31,32)23-17-15-22(34-4)16-18-23/h7-18,24H,5-6,19H2,1-4H3,(H,28,30)/t24-/m1/s1. The molecule has 0 aliphatic heterocycles. The number of ether oxygens (including phenoxy) is 1. The van der Waals surface area contributed by atoms with Crippen LogP contribution in [-0.4, -0.2) is 33.7 Å². The molecule has 0 saturated heterocycles. The van der Waals surface area contributed by atoms with Crippen molar-refractivity contribution in [3.05, 3.63) is 83.9 Å².